The van der Waals surface area contributed by atoms with Crippen LogP contribution in [0.3, 0.4) is 0 Å². The van der Waals surface area contributed by atoms with Crippen molar-refractivity contribution in [3.05, 3.63) is 90.0 Å². The van der Waals surface area contributed by atoms with Gasteiger partial charge in [0.1, 0.15) is 35.8 Å². The molecule has 0 unspecified atom stereocenters. The SMILES string of the molecule is COC(=O)[C@H](Cc1ccccc1)NC(=O)[C@H](NC(=O)[C@H](NC(=O)[C@H](Cc1ccccc1)NC(=O)[C@H](Cc1cncn1C)NC(=O)OC(C)(C)C)[C@@H](C)OC(C)(C)C)C(C)C. The van der Waals surface area contributed by atoms with E-state index in [1.807, 2.05) is 36.4 Å². The number of hydrogen-bond acceptors (Lipinski definition) is 10. The van der Waals surface area contributed by atoms with E-state index in [1.165, 1.54) is 7.11 Å². The molecule has 3 aromatic rings. The molecule has 0 fully saturated rings. The van der Waals surface area contributed by atoms with Crippen molar-refractivity contribution in [2.45, 2.75) is 129 Å². The van der Waals surface area contributed by atoms with Crippen LogP contribution >= 0.6 is 0 Å². The van der Waals surface area contributed by atoms with E-state index in [0.717, 1.165) is 5.56 Å². The van der Waals surface area contributed by atoms with Crippen molar-refractivity contribution in [2.75, 3.05) is 7.11 Å². The van der Waals surface area contributed by atoms with Gasteiger partial charge in [-0.3, -0.25) is 19.2 Å². The zero-order valence-corrected chi connectivity index (χ0v) is 36.7. The summed E-state index contributed by atoms with van der Waals surface area (Å²) in [5.41, 5.74) is 0.507. The van der Waals surface area contributed by atoms with Gasteiger partial charge in [0.2, 0.25) is 23.6 Å². The Hall–Kier alpha value is -5.77. The lowest BCUT2D eigenvalue weighted by atomic mass is 9.99. The predicted octanol–water partition coefficient (Wildman–Crippen LogP) is 3.31. The number of amides is 5. The Morgan fingerprint density at radius 3 is 1.60 bits per heavy atom. The second-order valence-corrected chi connectivity index (χ2v) is 17.1. The van der Waals surface area contributed by atoms with E-state index in [-0.39, 0.29) is 19.3 Å². The maximum Gasteiger partial charge on any atom is 0.408 e. The zero-order chi connectivity index (χ0) is 44.8. The smallest absolute Gasteiger partial charge is 0.408 e. The van der Waals surface area contributed by atoms with Crippen molar-refractivity contribution in [3.63, 3.8) is 0 Å². The molecule has 2 aromatic carbocycles. The van der Waals surface area contributed by atoms with E-state index >= 15 is 0 Å². The number of methoxy groups -OCH3 is 1. The summed E-state index contributed by atoms with van der Waals surface area (Å²) in [5.74, 6) is -3.91. The zero-order valence-electron chi connectivity index (χ0n) is 36.7. The van der Waals surface area contributed by atoms with Crippen LogP contribution in [0.4, 0.5) is 4.79 Å². The highest BCUT2D eigenvalue weighted by Gasteiger charge is 2.37. The van der Waals surface area contributed by atoms with Gasteiger partial charge in [0, 0.05) is 38.2 Å². The first-order valence-electron chi connectivity index (χ1n) is 20.1. The first kappa shape index (κ1) is 48.6. The fourth-order valence-corrected chi connectivity index (χ4v) is 6.28. The lowest BCUT2D eigenvalue weighted by molar-refractivity contribution is -0.146. The van der Waals surface area contributed by atoms with Gasteiger partial charge in [-0.15, -0.1) is 0 Å². The highest BCUT2D eigenvalue weighted by molar-refractivity contribution is 5.96. The van der Waals surface area contributed by atoms with E-state index in [9.17, 15) is 28.8 Å². The normalized spacial score (nSPS) is 14.7. The lowest BCUT2D eigenvalue weighted by Crippen LogP contribution is -2.63. The van der Waals surface area contributed by atoms with Crippen molar-refractivity contribution in [1.82, 2.24) is 36.1 Å². The largest absolute Gasteiger partial charge is 0.467 e. The summed E-state index contributed by atoms with van der Waals surface area (Å²) in [6.45, 7) is 15.6. The highest BCUT2D eigenvalue weighted by atomic mass is 16.6. The molecule has 1 aromatic heterocycles. The molecule has 0 aliphatic rings. The Balaban J connectivity index is 1.94. The van der Waals surface area contributed by atoms with Crippen molar-refractivity contribution >= 4 is 35.7 Å². The van der Waals surface area contributed by atoms with Crippen LogP contribution in [0.15, 0.2) is 73.2 Å². The maximum absolute atomic E-state index is 14.4. The summed E-state index contributed by atoms with van der Waals surface area (Å²) in [5, 5.41) is 13.7. The molecule has 5 N–H and O–H groups in total. The molecule has 0 saturated carbocycles. The van der Waals surface area contributed by atoms with Crippen LogP contribution in [-0.4, -0.2) is 99.9 Å². The van der Waals surface area contributed by atoms with Crippen LogP contribution in [0.2, 0.25) is 0 Å². The van der Waals surface area contributed by atoms with Gasteiger partial charge < -0.3 is 45.4 Å². The average molecular weight is 834 g/mol. The van der Waals surface area contributed by atoms with Crippen LogP contribution in [0.1, 0.15) is 79.1 Å². The van der Waals surface area contributed by atoms with Crippen LogP contribution in [0, 0.1) is 5.92 Å². The van der Waals surface area contributed by atoms with Crippen molar-refractivity contribution in [3.8, 4) is 0 Å². The molecule has 6 atom stereocenters. The van der Waals surface area contributed by atoms with Crippen LogP contribution in [-0.2, 0) is 64.5 Å². The fourth-order valence-electron chi connectivity index (χ4n) is 6.28. The van der Waals surface area contributed by atoms with Crippen molar-refractivity contribution < 1.29 is 43.0 Å². The van der Waals surface area contributed by atoms with Gasteiger partial charge in [-0.2, -0.15) is 0 Å². The number of esters is 1. The molecule has 3 rings (SSSR count). The minimum Gasteiger partial charge on any atom is -0.467 e. The van der Waals surface area contributed by atoms with Crippen LogP contribution in [0.25, 0.3) is 0 Å². The summed E-state index contributed by atoms with van der Waals surface area (Å²) in [4.78, 5) is 86.6. The van der Waals surface area contributed by atoms with E-state index in [4.69, 9.17) is 14.2 Å². The topological polar surface area (TPSA) is 208 Å². The van der Waals surface area contributed by atoms with Gasteiger partial charge in [0.05, 0.1) is 25.1 Å². The second kappa shape index (κ2) is 22.0. The van der Waals surface area contributed by atoms with Gasteiger partial charge in [-0.05, 0) is 65.5 Å². The number of imidazole rings is 1. The van der Waals surface area contributed by atoms with Gasteiger partial charge >= 0.3 is 12.1 Å². The second-order valence-electron chi connectivity index (χ2n) is 17.1. The van der Waals surface area contributed by atoms with E-state index < -0.39 is 89.1 Å². The van der Waals surface area contributed by atoms with Crippen LogP contribution in [0.5, 0.6) is 0 Å². The number of rotatable bonds is 19. The van der Waals surface area contributed by atoms with Crippen LogP contribution < -0.4 is 26.6 Å². The number of hydrogen-bond donors (Lipinski definition) is 5. The molecule has 328 valence electrons. The molecule has 0 bridgehead atoms. The highest BCUT2D eigenvalue weighted by Crippen LogP contribution is 2.16. The summed E-state index contributed by atoms with van der Waals surface area (Å²) in [6, 6.07) is 12.1. The molecular weight excluding hydrogens is 771 g/mol. The number of nitrogens with zero attached hydrogens (tertiary/aromatic N) is 2. The molecule has 0 spiro atoms. The first-order chi connectivity index (χ1) is 28.1. The lowest BCUT2D eigenvalue weighted by Gasteiger charge is -2.33. The van der Waals surface area contributed by atoms with E-state index in [1.54, 1.807) is 111 Å². The number of carbonyl (C=O) groups excluding carboxylic acids is 6. The Bertz CT molecular complexity index is 1890. The number of aromatic nitrogens is 2. The van der Waals surface area contributed by atoms with Crippen molar-refractivity contribution in [1.29, 1.82) is 0 Å². The minimum absolute atomic E-state index is 0.0134. The first-order valence-corrected chi connectivity index (χ1v) is 20.1. The Morgan fingerprint density at radius 1 is 0.633 bits per heavy atom. The molecule has 0 aliphatic heterocycles. The quantitative estimate of drug-likeness (QED) is 0.111. The monoisotopic (exact) mass is 833 g/mol. The molecule has 60 heavy (non-hydrogen) atoms. The third kappa shape index (κ3) is 16.1. The molecule has 1 heterocycles. The van der Waals surface area contributed by atoms with Gasteiger partial charge in [0.15, 0.2) is 0 Å². The fraction of sp³-hybridized carbons (Fsp3) is 0.523. The summed E-state index contributed by atoms with van der Waals surface area (Å²) in [6.07, 6.45) is 1.53. The molecule has 0 radical (unpaired) electrons. The minimum atomic E-state index is -1.37. The Kier molecular flexibility index (Phi) is 17.8. The molecule has 16 nitrogen and oxygen atoms in total. The number of carbonyl (C=O) groups is 6. The molecule has 16 heteroatoms. The number of alkyl carbamates (subject to hydrolysis) is 1. The Labute approximate surface area is 353 Å². The third-order valence-electron chi connectivity index (χ3n) is 9.17. The third-order valence-corrected chi connectivity index (χ3v) is 9.17. The molecular formula is C44H63N7O9. The summed E-state index contributed by atoms with van der Waals surface area (Å²) in [7, 11) is 2.97. The molecule has 5 amide bonds. The number of benzene rings is 2. The number of aryl methyl sites for hydroxylation is 1. The Morgan fingerprint density at radius 2 is 1.12 bits per heavy atom. The van der Waals surface area contributed by atoms with Crippen molar-refractivity contribution in [2.24, 2.45) is 13.0 Å². The van der Waals surface area contributed by atoms with E-state index in [0.29, 0.717) is 11.3 Å². The summed E-state index contributed by atoms with van der Waals surface area (Å²) >= 11 is 0. The van der Waals surface area contributed by atoms with Gasteiger partial charge in [-0.1, -0.05) is 74.5 Å². The average Bonchev–Trinajstić information content (AvgIpc) is 3.57. The predicted molar refractivity (Wildman–Crippen MR) is 225 cm³/mol. The summed E-state index contributed by atoms with van der Waals surface area (Å²) < 4.78 is 18.3. The van der Waals surface area contributed by atoms with E-state index in [2.05, 4.69) is 31.6 Å². The van der Waals surface area contributed by atoms with Gasteiger partial charge in [0.25, 0.3) is 0 Å². The maximum atomic E-state index is 14.4. The standard InChI is InChI=1S/C44H63N7O9/c1-27(2)35(39(54)47-34(41(56)58-11)23-30-20-16-13-17-21-30)49-40(55)36(28(3)59-43(4,5)6)50-38(53)32(22-29-18-14-12-15-19-29)46-37(52)33(24-31-25-45-26-51(31)10)48-42(57)60-44(7,8)9/h12-21,25-28,32-36H,22-24H2,1-11H3,(H,46,52)(H,47,54)(H,48,57)(H,49,55)(H,50,53)/t28-,32+,33+,34+,35-,36-/m1/s1. The molecule has 0 saturated heterocycles. The number of nitrogens with one attached hydrogen (secondary N) is 5. The molecule has 0 aliphatic carbocycles. The van der Waals surface area contributed by atoms with Gasteiger partial charge in [-0.25, -0.2) is 14.6 Å². The number of ether oxygens (including phenoxy) is 3.